The zero-order chi connectivity index (χ0) is 12.4. The third-order valence-corrected chi connectivity index (χ3v) is 2.44. The van der Waals surface area contributed by atoms with Gasteiger partial charge in [-0.15, -0.1) is 0 Å². The van der Waals surface area contributed by atoms with Crippen LogP contribution in [-0.2, 0) is 0 Å². The fourth-order valence-corrected chi connectivity index (χ4v) is 1.57. The molecule has 0 bridgehead atoms. The number of nitrogens with one attached hydrogen (secondary N) is 1. The summed E-state index contributed by atoms with van der Waals surface area (Å²) >= 11 is 0. The molecule has 6 nitrogen and oxygen atoms in total. The predicted molar refractivity (Wildman–Crippen MR) is 62.0 cm³/mol. The lowest BCUT2D eigenvalue weighted by Crippen LogP contribution is -1.82. The molecular formula is C12H7N5O. The Morgan fingerprint density at radius 3 is 2.83 bits per heavy atom. The molecule has 3 aromatic rings. The van der Waals surface area contributed by atoms with Crippen LogP contribution in [0.3, 0.4) is 0 Å². The van der Waals surface area contributed by atoms with Gasteiger partial charge in [0.2, 0.25) is 5.82 Å². The first-order valence-electron chi connectivity index (χ1n) is 5.21. The second kappa shape index (κ2) is 4.14. The van der Waals surface area contributed by atoms with Gasteiger partial charge in [-0.25, -0.2) is 0 Å². The van der Waals surface area contributed by atoms with Gasteiger partial charge in [0.05, 0.1) is 11.8 Å². The zero-order valence-corrected chi connectivity index (χ0v) is 9.16. The fourth-order valence-electron chi connectivity index (χ4n) is 1.57. The van der Waals surface area contributed by atoms with E-state index in [4.69, 9.17) is 9.78 Å². The van der Waals surface area contributed by atoms with Crippen molar-refractivity contribution in [2.45, 2.75) is 0 Å². The molecular weight excluding hydrogens is 230 g/mol. The number of aromatic amines is 1. The highest BCUT2D eigenvalue weighted by Gasteiger charge is 2.15. The summed E-state index contributed by atoms with van der Waals surface area (Å²) in [5.74, 6) is 0.759. The number of nitrogens with zero attached hydrogens (tertiary/aromatic N) is 4. The van der Waals surface area contributed by atoms with Crippen molar-refractivity contribution in [1.29, 1.82) is 5.26 Å². The number of rotatable bonds is 2. The van der Waals surface area contributed by atoms with Gasteiger partial charge in [-0.1, -0.05) is 35.5 Å². The molecule has 0 aliphatic rings. The smallest absolute Gasteiger partial charge is 0.262 e. The molecule has 2 heterocycles. The Balaban J connectivity index is 2.03. The number of H-pyrrole nitrogens is 1. The summed E-state index contributed by atoms with van der Waals surface area (Å²) < 4.78 is 5.13. The topological polar surface area (TPSA) is 91.4 Å². The van der Waals surface area contributed by atoms with Crippen LogP contribution in [0.2, 0.25) is 0 Å². The lowest BCUT2D eigenvalue weighted by molar-refractivity contribution is 0.432. The Kier molecular flexibility index (Phi) is 2.35. The Labute approximate surface area is 102 Å². The van der Waals surface area contributed by atoms with Gasteiger partial charge in [0.1, 0.15) is 11.8 Å². The Hall–Kier alpha value is -2.94. The predicted octanol–water partition coefficient (Wildman–Crippen LogP) is 2.00. The first kappa shape index (κ1) is 10.2. The molecule has 18 heavy (non-hydrogen) atoms. The normalized spacial score (nSPS) is 10.2. The highest BCUT2D eigenvalue weighted by molar-refractivity contribution is 5.62. The van der Waals surface area contributed by atoms with Gasteiger partial charge in [-0.05, 0) is 0 Å². The molecule has 86 valence electrons. The average Bonchev–Trinajstić information content (AvgIpc) is 3.08. The Morgan fingerprint density at radius 2 is 2.06 bits per heavy atom. The summed E-state index contributed by atoms with van der Waals surface area (Å²) in [5, 5.41) is 19.1. The maximum Gasteiger partial charge on any atom is 0.262 e. The summed E-state index contributed by atoms with van der Waals surface area (Å²) in [6, 6.07) is 11.4. The molecule has 1 aromatic carbocycles. The van der Waals surface area contributed by atoms with Crippen molar-refractivity contribution in [3.05, 3.63) is 42.2 Å². The van der Waals surface area contributed by atoms with Gasteiger partial charge in [-0.3, -0.25) is 5.10 Å². The molecule has 0 saturated heterocycles. The summed E-state index contributed by atoms with van der Waals surface area (Å²) in [6.07, 6.45) is 1.49. The summed E-state index contributed by atoms with van der Waals surface area (Å²) in [4.78, 5) is 4.24. The number of benzene rings is 1. The molecule has 1 N–H and O–H groups in total. The summed E-state index contributed by atoms with van der Waals surface area (Å²) in [7, 11) is 0. The van der Waals surface area contributed by atoms with Gasteiger partial charge >= 0.3 is 0 Å². The third kappa shape index (κ3) is 1.64. The van der Waals surface area contributed by atoms with Crippen molar-refractivity contribution < 1.29 is 4.52 Å². The fraction of sp³-hybridized carbons (Fsp3) is 0. The molecule has 0 atom stereocenters. The minimum Gasteiger partial charge on any atom is -0.333 e. The van der Waals surface area contributed by atoms with E-state index in [1.54, 1.807) is 0 Å². The van der Waals surface area contributed by atoms with Crippen LogP contribution in [0.25, 0.3) is 22.8 Å². The lowest BCUT2D eigenvalue weighted by atomic mass is 10.2. The van der Waals surface area contributed by atoms with Crippen molar-refractivity contribution in [3.63, 3.8) is 0 Å². The molecule has 0 aliphatic carbocycles. The van der Waals surface area contributed by atoms with Crippen molar-refractivity contribution in [2.24, 2.45) is 0 Å². The Bertz CT molecular complexity index is 707. The monoisotopic (exact) mass is 237 g/mol. The number of hydrogen-bond acceptors (Lipinski definition) is 5. The van der Waals surface area contributed by atoms with Gasteiger partial charge in [-0.2, -0.15) is 15.3 Å². The van der Waals surface area contributed by atoms with Crippen molar-refractivity contribution in [1.82, 2.24) is 20.3 Å². The summed E-state index contributed by atoms with van der Waals surface area (Å²) in [5.41, 5.74) is 1.67. The zero-order valence-electron chi connectivity index (χ0n) is 9.16. The van der Waals surface area contributed by atoms with Gasteiger partial charge in [0.25, 0.3) is 5.89 Å². The molecule has 0 amide bonds. The molecule has 0 radical (unpaired) electrons. The van der Waals surface area contributed by atoms with E-state index in [-0.39, 0.29) is 5.89 Å². The standard InChI is InChI=1S/C12H7N5O/c13-6-10-9(7-14-16-10)12-15-11(17-18-12)8-4-2-1-3-5-8/h1-5,7H,(H,14,16). The van der Waals surface area contributed by atoms with Crippen molar-refractivity contribution >= 4 is 0 Å². The van der Waals surface area contributed by atoms with E-state index >= 15 is 0 Å². The minimum atomic E-state index is 0.277. The number of hydrogen-bond donors (Lipinski definition) is 1. The van der Waals surface area contributed by atoms with E-state index in [9.17, 15) is 0 Å². The second-order valence-corrected chi connectivity index (χ2v) is 3.56. The molecule has 2 aromatic heterocycles. The largest absolute Gasteiger partial charge is 0.333 e. The van der Waals surface area contributed by atoms with Crippen LogP contribution in [0.15, 0.2) is 41.1 Å². The van der Waals surface area contributed by atoms with Crippen LogP contribution in [0.5, 0.6) is 0 Å². The maximum atomic E-state index is 8.88. The van der Waals surface area contributed by atoms with E-state index < -0.39 is 0 Å². The molecule has 0 unspecified atom stereocenters. The maximum absolute atomic E-state index is 8.88. The van der Waals surface area contributed by atoms with E-state index in [2.05, 4.69) is 20.3 Å². The van der Waals surface area contributed by atoms with Crippen LogP contribution >= 0.6 is 0 Å². The van der Waals surface area contributed by atoms with Crippen LogP contribution in [-0.4, -0.2) is 20.3 Å². The number of nitriles is 1. The SMILES string of the molecule is N#Cc1[nH]ncc1-c1nc(-c2ccccc2)no1. The lowest BCUT2D eigenvalue weighted by Gasteiger charge is -1.90. The quantitative estimate of drug-likeness (QED) is 0.735. The van der Waals surface area contributed by atoms with Gasteiger partial charge in [0, 0.05) is 5.56 Å². The van der Waals surface area contributed by atoms with Crippen LogP contribution in [0, 0.1) is 11.3 Å². The molecule has 0 aliphatic heterocycles. The minimum absolute atomic E-state index is 0.277. The first-order chi connectivity index (χ1) is 8.88. The van der Waals surface area contributed by atoms with Crippen LogP contribution in [0.1, 0.15) is 5.69 Å². The highest BCUT2D eigenvalue weighted by atomic mass is 16.5. The van der Waals surface area contributed by atoms with E-state index in [1.807, 2.05) is 36.4 Å². The highest BCUT2D eigenvalue weighted by Crippen LogP contribution is 2.23. The molecule has 6 heteroatoms. The Morgan fingerprint density at radius 1 is 1.22 bits per heavy atom. The number of aromatic nitrogens is 4. The van der Waals surface area contributed by atoms with Gasteiger partial charge < -0.3 is 4.52 Å². The average molecular weight is 237 g/mol. The van der Waals surface area contributed by atoms with Crippen LogP contribution < -0.4 is 0 Å². The molecule has 0 fully saturated rings. The van der Waals surface area contributed by atoms with Crippen molar-refractivity contribution in [2.75, 3.05) is 0 Å². The molecule has 3 rings (SSSR count). The van der Waals surface area contributed by atoms with E-state index in [0.717, 1.165) is 5.56 Å². The van der Waals surface area contributed by atoms with E-state index in [0.29, 0.717) is 17.1 Å². The van der Waals surface area contributed by atoms with Crippen molar-refractivity contribution in [3.8, 4) is 28.9 Å². The van der Waals surface area contributed by atoms with Crippen LogP contribution in [0.4, 0.5) is 0 Å². The molecule has 0 spiro atoms. The first-order valence-corrected chi connectivity index (χ1v) is 5.21. The van der Waals surface area contributed by atoms with E-state index in [1.165, 1.54) is 6.20 Å². The van der Waals surface area contributed by atoms with Gasteiger partial charge in [0.15, 0.2) is 0 Å². The third-order valence-electron chi connectivity index (χ3n) is 2.44. The second-order valence-electron chi connectivity index (χ2n) is 3.56. The summed E-state index contributed by atoms with van der Waals surface area (Å²) in [6.45, 7) is 0. The molecule has 0 saturated carbocycles.